The molecule has 5 rings (SSSR count). The molecule has 1 aromatic carbocycles. The third-order valence-corrected chi connectivity index (χ3v) is 6.46. The van der Waals surface area contributed by atoms with Gasteiger partial charge in [-0.3, -0.25) is 19.4 Å². The average molecular weight is 455 g/mol. The molecule has 0 N–H and O–H groups in total. The predicted octanol–water partition coefficient (Wildman–Crippen LogP) is 3.99. The van der Waals surface area contributed by atoms with Crippen molar-refractivity contribution in [1.82, 2.24) is 24.6 Å². The molecule has 0 amide bonds. The quantitative estimate of drug-likeness (QED) is 0.394. The summed E-state index contributed by atoms with van der Waals surface area (Å²) in [6.07, 6.45) is 8.89. The van der Waals surface area contributed by atoms with Gasteiger partial charge in [-0.15, -0.1) is 0 Å². The summed E-state index contributed by atoms with van der Waals surface area (Å²) in [6.45, 7) is 7.31. The fraction of sp³-hybridized carbons (Fsp3) is 0.333. The Hall–Kier alpha value is -3.58. The van der Waals surface area contributed by atoms with Gasteiger partial charge in [-0.2, -0.15) is 5.10 Å². The lowest BCUT2D eigenvalue weighted by atomic mass is 10.0. The zero-order valence-corrected chi connectivity index (χ0v) is 19.8. The summed E-state index contributed by atoms with van der Waals surface area (Å²) in [5.74, 6) is 0.943. The molecule has 4 heterocycles. The zero-order chi connectivity index (χ0) is 23.5. The first-order chi connectivity index (χ1) is 16.6. The minimum Gasteiger partial charge on any atom is -0.354 e. The highest BCUT2D eigenvalue weighted by molar-refractivity contribution is 5.98. The topological polar surface area (TPSA) is 67.2 Å². The number of fused-ring (bicyclic) bond motifs is 1. The SMILES string of the molecule is CCCN1CCN(c2cc(C(=O)Cc3cc4cc(-c5cnn(C)c5)ccc4cn3)ccn2)CC1. The van der Waals surface area contributed by atoms with E-state index in [1.165, 1.54) is 6.42 Å². The Bertz CT molecular complexity index is 1310. The van der Waals surface area contributed by atoms with Crippen molar-refractivity contribution >= 4 is 22.4 Å². The summed E-state index contributed by atoms with van der Waals surface area (Å²) in [4.78, 5) is 27.0. The van der Waals surface area contributed by atoms with Gasteiger partial charge in [0.15, 0.2) is 5.78 Å². The van der Waals surface area contributed by atoms with Gasteiger partial charge in [-0.1, -0.05) is 19.1 Å². The monoisotopic (exact) mass is 454 g/mol. The Kier molecular flexibility index (Phi) is 6.36. The Morgan fingerprint density at radius 3 is 2.56 bits per heavy atom. The first kappa shape index (κ1) is 22.2. The third kappa shape index (κ3) is 4.84. The molecular formula is C27H30N6O. The maximum Gasteiger partial charge on any atom is 0.169 e. The van der Waals surface area contributed by atoms with E-state index in [-0.39, 0.29) is 12.2 Å². The molecule has 4 aromatic rings. The average Bonchev–Trinajstić information content (AvgIpc) is 3.30. The minimum absolute atomic E-state index is 0.0588. The van der Waals surface area contributed by atoms with Crippen molar-refractivity contribution in [2.75, 3.05) is 37.6 Å². The number of hydrogen-bond donors (Lipinski definition) is 0. The minimum atomic E-state index is 0.0588. The largest absolute Gasteiger partial charge is 0.354 e. The second-order valence-corrected chi connectivity index (χ2v) is 8.97. The lowest BCUT2D eigenvalue weighted by Crippen LogP contribution is -2.46. The molecule has 1 saturated heterocycles. The van der Waals surface area contributed by atoms with Crippen LogP contribution >= 0.6 is 0 Å². The molecule has 0 aliphatic carbocycles. The summed E-state index contributed by atoms with van der Waals surface area (Å²) < 4.78 is 1.80. The fourth-order valence-corrected chi connectivity index (χ4v) is 4.58. The van der Waals surface area contributed by atoms with Gasteiger partial charge >= 0.3 is 0 Å². The van der Waals surface area contributed by atoms with E-state index in [9.17, 15) is 4.79 Å². The normalized spacial score (nSPS) is 14.6. The molecule has 0 saturated carbocycles. The van der Waals surface area contributed by atoms with E-state index in [0.717, 1.165) is 66.1 Å². The number of pyridine rings is 2. The van der Waals surface area contributed by atoms with Crippen molar-refractivity contribution in [3.8, 4) is 11.1 Å². The van der Waals surface area contributed by atoms with E-state index in [1.54, 1.807) is 16.9 Å². The molecule has 1 fully saturated rings. The second kappa shape index (κ2) is 9.73. The van der Waals surface area contributed by atoms with Crippen LogP contribution in [0.4, 0.5) is 5.82 Å². The van der Waals surface area contributed by atoms with Crippen LogP contribution in [0.25, 0.3) is 21.9 Å². The van der Waals surface area contributed by atoms with Crippen molar-refractivity contribution in [2.45, 2.75) is 19.8 Å². The van der Waals surface area contributed by atoms with Gasteiger partial charge in [-0.05, 0) is 48.2 Å². The molecule has 1 aliphatic rings. The third-order valence-electron chi connectivity index (χ3n) is 6.46. The first-order valence-corrected chi connectivity index (χ1v) is 11.9. The van der Waals surface area contributed by atoms with Gasteiger partial charge in [-0.25, -0.2) is 4.98 Å². The van der Waals surface area contributed by atoms with Gasteiger partial charge in [0.05, 0.1) is 12.6 Å². The smallest absolute Gasteiger partial charge is 0.169 e. The molecule has 1 aliphatic heterocycles. The number of Topliss-reactive ketones (excluding diaryl/α,β-unsaturated/α-hetero) is 1. The maximum absolute atomic E-state index is 13.1. The summed E-state index contributed by atoms with van der Waals surface area (Å²) >= 11 is 0. The van der Waals surface area contributed by atoms with Crippen molar-refractivity contribution in [3.05, 3.63) is 72.4 Å². The second-order valence-electron chi connectivity index (χ2n) is 8.97. The molecule has 0 bridgehead atoms. The number of hydrogen-bond acceptors (Lipinski definition) is 6. The zero-order valence-electron chi connectivity index (χ0n) is 19.8. The molecule has 7 nitrogen and oxygen atoms in total. The number of piperazine rings is 1. The summed E-state index contributed by atoms with van der Waals surface area (Å²) in [5.41, 5.74) is 3.62. The van der Waals surface area contributed by atoms with Crippen LogP contribution in [0.2, 0.25) is 0 Å². The highest BCUT2D eigenvalue weighted by Crippen LogP contribution is 2.25. The van der Waals surface area contributed by atoms with Crippen LogP contribution in [0.5, 0.6) is 0 Å². The Morgan fingerprint density at radius 2 is 1.79 bits per heavy atom. The maximum atomic E-state index is 13.1. The van der Waals surface area contributed by atoms with Crippen LogP contribution in [0.3, 0.4) is 0 Å². The van der Waals surface area contributed by atoms with Crippen molar-refractivity contribution < 1.29 is 4.79 Å². The van der Waals surface area contributed by atoms with E-state index in [0.29, 0.717) is 5.56 Å². The molecule has 0 spiro atoms. The summed E-state index contributed by atoms with van der Waals surface area (Å²) in [6, 6.07) is 12.0. The van der Waals surface area contributed by atoms with Gasteiger partial charge in [0, 0.05) is 74.0 Å². The number of aromatic nitrogens is 4. The summed E-state index contributed by atoms with van der Waals surface area (Å²) in [7, 11) is 1.91. The molecule has 3 aromatic heterocycles. The van der Waals surface area contributed by atoms with E-state index < -0.39 is 0 Å². The van der Waals surface area contributed by atoms with E-state index in [4.69, 9.17) is 0 Å². The highest BCUT2D eigenvalue weighted by atomic mass is 16.1. The fourth-order valence-electron chi connectivity index (χ4n) is 4.58. The molecular weight excluding hydrogens is 424 g/mol. The number of nitrogens with zero attached hydrogens (tertiary/aromatic N) is 6. The molecule has 0 unspecified atom stereocenters. The number of benzene rings is 1. The van der Waals surface area contributed by atoms with Crippen LogP contribution < -0.4 is 4.90 Å². The Labute approximate surface area is 200 Å². The molecule has 0 radical (unpaired) electrons. The Balaban J connectivity index is 1.31. The van der Waals surface area contributed by atoms with Crippen molar-refractivity contribution in [2.24, 2.45) is 7.05 Å². The van der Waals surface area contributed by atoms with Crippen LogP contribution in [-0.4, -0.2) is 63.2 Å². The van der Waals surface area contributed by atoms with Crippen molar-refractivity contribution in [1.29, 1.82) is 0 Å². The number of aryl methyl sites for hydroxylation is 1. The lowest BCUT2D eigenvalue weighted by molar-refractivity contribution is 0.0992. The van der Waals surface area contributed by atoms with E-state index >= 15 is 0 Å². The molecule has 0 atom stereocenters. The van der Waals surface area contributed by atoms with Gasteiger partial charge in [0.1, 0.15) is 5.82 Å². The molecule has 34 heavy (non-hydrogen) atoms. The number of anilines is 1. The van der Waals surface area contributed by atoms with Crippen LogP contribution in [0, 0.1) is 0 Å². The van der Waals surface area contributed by atoms with Gasteiger partial charge < -0.3 is 4.90 Å². The lowest BCUT2D eigenvalue weighted by Gasteiger charge is -2.35. The van der Waals surface area contributed by atoms with Crippen LogP contribution in [0.15, 0.2) is 61.2 Å². The number of rotatable bonds is 7. The number of carbonyl (C=O) groups excluding carboxylic acids is 1. The number of carbonyl (C=O) groups is 1. The predicted molar refractivity (Wildman–Crippen MR) is 135 cm³/mol. The van der Waals surface area contributed by atoms with Gasteiger partial charge in [0.25, 0.3) is 0 Å². The molecule has 7 heteroatoms. The van der Waals surface area contributed by atoms with E-state index in [1.807, 2.05) is 37.8 Å². The van der Waals surface area contributed by atoms with Crippen LogP contribution in [0.1, 0.15) is 29.4 Å². The Morgan fingerprint density at radius 1 is 0.941 bits per heavy atom. The number of ketones is 1. The molecule has 174 valence electrons. The van der Waals surface area contributed by atoms with Crippen LogP contribution in [-0.2, 0) is 13.5 Å². The first-order valence-electron chi connectivity index (χ1n) is 11.9. The van der Waals surface area contributed by atoms with E-state index in [2.05, 4.69) is 50.0 Å². The van der Waals surface area contributed by atoms with Crippen molar-refractivity contribution in [3.63, 3.8) is 0 Å². The highest BCUT2D eigenvalue weighted by Gasteiger charge is 2.18. The summed E-state index contributed by atoms with van der Waals surface area (Å²) in [5, 5.41) is 6.39. The standard InChI is InChI=1S/C27H30N6O/c1-3-8-32-9-11-33(12-10-32)27-15-21(6-7-28-27)26(34)16-25-14-23-13-20(4-5-22(23)17-29-25)24-18-30-31(2)19-24/h4-7,13-15,17-19H,3,8-12,16H2,1-2H3. The van der Waals surface area contributed by atoms with Gasteiger partial charge in [0.2, 0.25) is 0 Å².